The van der Waals surface area contributed by atoms with Crippen LogP contribution < -0.4 is 9.47 Å². The fourth-order valence-corrected chi connectivity index (χ4v) is 3.15. The number of rotatable bonds is 8. The number of nitrogens with zero attached hydrogens (tertiary/aromatic N) is 3. The second-order valence-corrected chi connectivity index (χ2v) is 6.55. The van der Waals surface area contributed by atoms with E-state index >= 15 is 0 Å². The number of pyridine rings is 1. The summed E-state index contributed by atoms with van der Waals surface area (Å²) in [6, 6.07) is 11.6. The number of para-hydroxylation sites is 2. The molecule has 3 rings (SSSR count). The van der Waals surface area contributed by atoms with Crippen LogP contribution in [0.1, 0.15) is 5.56 Å². The van der Waals surface area contributed by atoms with Crippen LogP contribution in [0.5, 0.6) is 11.5 Å². The highest BCUT2D eigenvalue weighted by Gasteiger charge is 2.20. The lowest BCUT2D eigenvalue weighted by atomic mass is 10.2. The van der Waals surface area contributed by atoms with E-state index in [4.69, 9.17) is 9.47 Å². The van der Waals surface area contributed by atoms with Gasteiger partial charge in [-0.05, 0) is 23.8 Å². The third-order valence-corrected chi connectivity index (χ3v) is 4.56. The Morgan fingerprint density at radius 2 is 1.77 bits per heavy atom. The predicted octanol–water partition coefficient (Wildman–Crippen LogP) is 1.65. The van der Waals surface area contributed by atoms with Gasteiger partial charge in [-0.25, -0.2) is 0 Å². The summed E-state index contributed by atoms with van der Waals surface area (Å²) in [7, 11) is 1.61. The second-order valence-electron chi connectivity index (χ2n) is 6.55. The van der Waals surface area contributed by atoms with Crippen molar-refractivity contribution in [3.05, 3.63) is 54.4 Å². The molecular formula is C20H27N3O3. The molecule has 2 heterocycles. The molecule has 0 aliphatic carbocycles. The molecule has 26 heavy (non-hydrogen) atoms. The number of methoxy groups -OCH3 is 1. The van der Waals surface area contributed by atoms with Gasteiger partial charge in [-0.2, -0.15) is 0 Å². The standard InChI is InChI=1S/C20H27N3O3/c1-25-19-6-2-3-7-20(19)26-16-18(24)15-23-11-9-22(10-12-23)14-17-5-4-8-21-13-17/h2-8,13,18,24H,9-12,14-16H2,1H3. The van der Waals surface area contributed by atoms with Gasteiger partial charge in [0.2, 0.25) is 0 Å². The number of aliphatic hydroxyl groups is 1. The first kappa shape index (κ1) is 18.6. The summed E-state index contributed by atoms with van der Waals surface area (Å²) in [6.45, 7) is 5.70. The molecule has 1 unspecified atom stereocenters. The van der Waals surface area contributed by atoms with Gasteiger partial charge in [-0.1, -0.05) is 18.2 Å². The van der Waals surface area contributed by atoms with E-state index in [2.05, 4.69) is 20.9 Å². The Morgan fingerprint density at radius 3 is 2.46 bits per heavy atom. The molecule has 1 N–H and O–H groups in total. The predicted molar refractivity (Wildman–Crippen MR) is 100 cm³/mol. The van der Waals surface area contributed by atoms with Gasteiger partial charge in [0.15, 0.2) is 11.5 Å². The van der Waals surface area contributed by atoms with Crippen LogP contribution >= 0.6 is 0 Å². The first-order valence-corrected chi connectivity index (χ1v) is 9.02. The lowest BCUT2D eigenvalue weighted by molar-refractivity contribution is 0.0440. The highest BCUT2D eigenvalue weighted by atomic mass is 16.5. The quantitative estimate of drug-likeness (QED) is 0.775. The Labute approximate surface area is 155 Å². The van der Waals surface area contributed by atoms with Crippen LogP contribution in [0.2, 0.25) is 0 Å². The average Bonchev–Trinajstić information content (AvgIpc) is 2.69. The maximum absolute atomic E-state index is 10.3. The fourth-order valence-electron chi connectivity index (χ4n) is 3.15. The number of β-amino-alcohol motifs (C(OH)–C–C–N with tert-alkyl or cyclic N) is 1. The van der Waals surface area contributed by atoms with E-state index in [1.807, 2.05) is 36.5 Å². The second kappa shape index (κ2) is 9.52. The fraction of sp³-hybridized carbons (Fsp3) is 0.450. The Bertz CT molecular complexity index is 660. The highest BCUT2D eigenvalue weighted by Crippen LogP contribution is 2.25. The molecule has 1 aliphatic heterocycles. The summed E-state index contributed by atoms with van der Waals surface area (Å²) in [5, 5.41) is 10.3. The van der Waals surface area contributed by atoms with E-state index in [0.29, 0.717) is 18.0 Å². The minimum absolute atomic E-state index is 0.260. The van der Waals surface area contributed by atoms with Crippen molar-refractivity contribution in [1.82, 2.24) is 14.8 Å². The van der Waals surface area contributed by atoms with Gasteiger partial charge < -0.3 is 14.6 Å². The van der Waals surface area contributed by atoms with E-state index in [9.17, 15) is 5.11 Å². The number of aromatic nitrogens is 1. The van der Waals surface area contributed by atoms with Crippen LogP contribution in [0.4, 0.5) is 0 Å². The largest absolute Gasteiger partial charge is 0.493 e. The molecule has 1 atom stereocenters. The van der Waals surface area contributed by atoms with E-state index in [1.54, 1.807) is 13.3 Å². The van der Waals surface area contributed by atoms with Gasteiger partial charge >= 0.3 is 0 Å². The molecule has 0 radical (unpaired) electrons. The average molecular weight is 357 g/mol. The van der Waals surface area contributed by atoms with E-state index < -0.39 is 6.10 Å². The molecule has 1 saturated heterocycles. The zero-order chi connectivity index (χ0) is 18.2. The SMILES string of the molecule is COc1ccccc1OCC(O)CN1CCN(Cc2cccnc2)CC1. The van der Waals surface area contributed by atoms with Crippen LogP contribution in [0.3, 0.4) is 0 Å². The van der Waals surface area contributed by atoms with Crippen molar-refractivity contribution in [3.63, 3.8) is 0 Å². The minimum Gasteiger partial charge on any atom is -0.493 e. The molecule has 140 valence electrons. The van der Waals surface area contributed by atoms with Gasteiger partial charge in [0.1, 0.15) is 12.7 Å². The van der Waals surface area contributed by atoms with Gasteiger partial charge in [0.05, 0.1) is 7.11 Å². The normalized spacial score (nSPS) is 17.0. The summed E-state index contributed by atoms with van der Waals surface area (Å²) in [4.78, 5) is 8.88. The molecule has 0 amide bonds. The number of hydrogen-bond donors (Lipinski definition) is 1. The number of ether oxygens (including phenoxy) is 2. The van der Waals surface area contributed by atoms with Crippen LogP contribution in [0.15, 0.2) is 48.8 Å². The topological polar surface area (TPSA) is 58.1 Å². The van der Waals surface area contributed by atoms with Crippen molar-refractivity contribution >= 4 is 0 Å². The molecule has 6 heteroatoms. The Hall–Kier alpha value is -2.15. The molecule has 1 fully saturated rings. The Balaban J connectivity index is 1.38. The summed E-state index contributed by atoms with van der Waals surface area (Å²) >= 11 is 0. The Morgan fingerprint density at radius 1 is 1.04 bits per heavy atom. The van der Waals surface area contributed by atoms with Crippen molar-refractivity contribution in [1.29, 1.82) is 0 Å². The molecule has 1 aromatic carbocycles. The smallest absolute Gasteiger partial charge is 0.161 e. The van der Waals surface area contributed by atoms with Crippen molar-refractivity contribution in [2.24, 2.45) is 0 Å². The van der Waals surface area contributed by atoms with E-state index in [0.717, 1.165) is 32.7 Å². The summed E-state index contributed by atoms with van der Waals surface area (Å²) in [5.74, 6) is 1.35. The number of aliphatic hydroxyl groups excluding tert-OH is 1. The zero-order valence-corrected chi connectivity index (χ0v) is 15.3. The van der Waals surface area contributed by atoms with Crippen LogP contribution in [0, 0.1) is 0 Å². The maximum atomic E-state index is 10.3. The first-order valence-electron chi connectivity index (χ1n) is 9.02. The molecule has 2 aromatic rings. The minimum atomic E-state index is -0.523. The summed E-state index contributed by atoms with van der Waals surface area (Å²) < 4.78 is 11.0. The van der Waals surface area contributed by atoms with Crippen molar-refractivity contribution in [2.75, 3.05) is 46.4 Å². The van der Waals surface area contributed by atoms with E-state index in [1.165, 1.54) is 5.56 Å². The number of benzene rings is 1. The third-order valence-electron chi connectivity index (χ3n) is 4.56. The molecular weight excluding hydrogens is 330 g/mol. The molecule has 0 bridgehead atoms. The van der Waals surface area contributed by atoms with Crippen molar-refractivity contribution in [3.8, 4) is 11.5 Å². The van der Waals surface area contributed by atoms with Gasteiger partial charge in [-0.15, -0.1) is 0 Å². The number of hydrogen-bond acceptors (Lipinski definition) is 6. The van der Waals surface area contributed by atoms with Crippen LogP contribution in [0.25, 0.3) is 0 Å². The third kappa shape index (κ3) is 5.42. The Kier molecular flexibility index (Phi) is 6.82. The monoisotopic (exact) mass is 357 g/mol. The molecule has 1 aliphatic rings. The summed E-state index contributed by atoms with van der Waals surface area (Å²) in [6.07, 6.45) is 3.20. The van der Waals surface area contributed by atoms with Crippen molar-refractivity contribution in [2.45, 2.75) is 12.6 Å². The maximum Gasteiger partial charge on any atom is 0.161 e. The van der Waals surface area contributed by atoms with Crippen LogP contribution in [-0.2, 0) is 6.54 Å². The first-order chi connectivity index (χ1) is 12.7. The zero-order valence-electron chi connectivity index (χ0n) is 15.3. The van der Waals surface area contributed by atoms with Crippen molar-refractivity contribution < 1.29 is 14.6 Å². The van der Waals surface area contributed by atoms with Gasteiger partial charge in [0, 0.05) is 51.7 Å². The van der Waals surface area contributed by atoms with Gasteiger partial charge in [-0.3, -0.25) is 14.8 Å². The lowest BCUT2D eigenvalue weighted by Crippen LogP contribution is -2.48. The molecule has 0 saturated carbocycles. The van der Waals surface area contributed by atoms with Crippen LogP contribution in [-0.4, -0.2) is 72.4 Å². The van der Waals surface area contributed by atoms with E-state index in [-0.39, 0.29) is 6.61 Å². The summed E-state index contributed by atoms with van der Waals surface area (Å²) in [5.41, 5.74) is 1.24. The molecule has 1 aromatic heterocycles. The lowest BCUT2D eigenvalue weighted by Gasteiger charge is -2.35. The highest BCUT2D eigenvalue weighted by molar-refractivity contribution is 5.39. The number of piperazine rings is 1. The van der Waals surface area contributed by atoms with Gasteiger partial charge in [0.25, 0.3) is 0 Å². The molecule has 0 spiro atoms. The molecule has 6 nitrogen and oxygen atoms in total.